The van der Waals surface area contributed by atoms with Gasteiger partial charge in [-0.15, -0.1) is 0 Å². The zero-order valence-corrected chi connectivity index (χ0v) is 10.7. The molecule has 0 saturated heterocycles. The molecule has 0 aliphatic carbocycles. The van der Waals surface area contributed by atoms with Crippen molar-refractivity contribution >= 4 is 34.2 Å². The Bertz CT molecular complexity index is 809. The van der Waals surface area contributed by atoms with Gasteiger partial charge in [0.2, 0.25) is 0 Å². The molecule has 0 spiro atoms. The molecule has 0 bridgehead atoms. The molecule has 0 radical (unpaired) electrons. The second-order valence-corrected chi connectivity index (χ2v) is 4.36. The van der Waals surface area contributed by atoms with Crippen LogP contribution in [0.5, 0.6) is 0 Å². The fourth-order valence-electron chi connectivity index (χ4n) is 1.75. The molecule has 0 amide bonds. The van der Waals surface area contributed by atoms with Crippen molar-refractivity contribution in [3.8, 4) is 0 Å². The average Bonchev–Trinajstić information content (AvgIpc) is 2.68. The molecule has 6 nitrogen and oxygen atoms in total. The third-order valence-electron chi connectivity index (χ3n) is 2.72. The van der Waals surface area contributed by atoms with E-state index in [0.717, 1.165) is 11.2 Å². The number of oxazole rings is 1. The number of nitrogens with zero attached hydrogens (tertiary/aromatic N) is 3. The van der Waals surface area contributed by atoms with E-state index in [2.05, 4.69) is 15.3 Å². The Hall–Kier alpha value is -2.34. The van der Waals surface area contributed by atoms with Crippen LogP contribution in [0.15, 0.2) is 39.9 Å². The first-order chi connectivity index (χ1) is 9.15. The first-order valence-electron chi connectivity index (χ1n) is 5.47. The molecular weight excluding hydrogens is 268 g/mol. The molecule has 7 heteroatoms. The lowest BCUT2D eigenvalue weighted by Crippen LogP contribution is -2.08. The summed E-state index contributed by atoms with van der Waals surface area (Å²) >= 11 is 5.96. The lowest BCUT2D eigenvalue weighted by atomic mass is 10.3. The number of anilines is 2. The Morgan fingerprint density at radius 3 is 3.05 bits per heavy atom. The number of aromatic nitrogens is 3. The standard InChI is InChI=1S/C12H9ClN4O2/c1-17-9-3-2-7(4-10(9)19-12(17)18)16-11-8(13)5-14-6-15-11/h2-6H,1H3,(H,14,15,16). The molecule has 0 aliphatic rings. The summed E-state index contributed by atoms with van der Waals surface area (Å²) in [4.78, 5) is 19.2. The summed E-state index contributed by atoms with van der Waals surface area (Å²) in [5.41, 5.74) is 1.95. The molecule has 0 atom stereocenters. The van der Waals surface area contributed by atoms with Gasteiger partial charge in [-0.3, -0.25) is 4.57 Å². The van der Waals surface area contributed by atoms with Gasteiger partial charge in [-0.05, 0) is 12.1 Å². The lowest BCUT2D eigenvalue weighted by molar-refractivity contribution is 0.528. The van der Waals surface area contributed by atoms with E-state index < -0.39 is 5.76 Å². The second-order valence-electron chi connectivity index (χ2n) is 3.95. The molecule has 0 saturated carbocycles. The molecule has 19 heavy (non-hydrogen) atoms. The highest BCUT2D eigenvalue weighted by atomic mass is 35.5. The summed E-state index contributed by atoms with van der Waals surface area (Å²) in [7, 11) is 1.66. The quantitative estimate of drug-likeness (QED) is 0.777. The second kappa shape index (κ2) is 4.40. The van der Waals surface area contributed by atoms with Crippen LogP contribution >= 0.6 is 11.6 Å². The highest BCUT2D eigenvalue weighted by molar-refractivity contribution is 6.32. The van der Waals surface area contributed by atoms with Crippen molar-refractivity contribution < 1.29 is 4.42 Å². The van der Waals surface area contributed by atoms with Gasteiger partial charge in [0.15, 0.2) is 11.4 Å². The SMILES string of the molecule is Cn1c(=O)oc2cc(Nc3ncncc3Cl)ccc21. The zero-order chi connectivity index (χ0) is 13.4. The highest BCUT2D eigenvalue weighted by Gasteiger charge is 2.07. The Labute approximate surface area is 112 Å². The van der Waals surface area contributed by atoms with Crippen molar-refractivity contribution in [3.05, 3.63) is 46.3 Å². The molecule has 0 fully saturated rings. The molecule has 2 heterocycles. The van der Waals surface area contributed by atoms with E-state index in [4.69, 9.17) is 16.0 Å². The predicted octanol–water partition coefficient (Wildman–Crippen LogP) is 2.32. The van der Waals surface area contributed by atoms with Crippen molar-refractivity contribution in [1.29, 1.82) is 0 Å². The van der Waals surface area contributed by atoms with Gasteiger partial charge in [-0.2, -0.15) is 0 Å². The Kier molecular flexibility index (Phi) is 2.72. The van der Waals surface area contributed by atoms with E-state index in [1.807, 2.05) is 6.07 Å². The first kappa shape index (κ1) is 11.7. The Morgan fingerprint density at radius 1 is 1.42 bits per heavy atom. The number of halogens is 1. The maximum Gasteiger partial charge on any atom is 0.419 e. The fraction of sp³-hybridized carbons (Fsp3) is 0.0833. The molecule has 1 N–H and O–H groups in total. The van der Waals surface area contributed by atoms with Crippen LogP contribution in [0.1, 0.15) is 0 Å². The largest absolute Gasteiger partial charge is 0.419 e. The molecule has 3 rings (SSSR count). The van der Waals surface area contributed by atoms with Crippen LogP contribution < -0.4 is 11.1 Å². The lowest BCUT2D eigenvalue weighted by Gasteiger charge is -2.06. The number of fused-ring (bicyclic) bond motifs is 1. The van der Waals surface area contributed by atoms with E-state index >= 15 is 0 Å². The van der Waals surface area contributed by atoms with E-state index in [1.165, 1.54) is 17.1 Å². The maximum atomic E-state index is 11.4. The number of hydrogen-bond donors (Lipinski definition) is 1. The summed E-state index contributed by atoms with van der Waals surface area (Å²) in [5.74, 6) is 0.0986. The molecule has 3 aromatic rings. The Balaban J connectivity index is 2.03. The number of rotatable bonds is 2. The molecular formula is C12H9ClN4O2. The summed E-state index contributed by atoms with van der Waals surface area (Å²) in [6.07, 6.45) is 2.90. The molecule has 96 valence electrons. The number of benzene rings is 1. The smallest absolute Gasteiger partial charge is 0.408 e. The minimum absolute atomic E-state index is 0.396. The van der Waals surface area contributed by atoms with Gasteiger partial charge in [0, 0.05) is 18.8 Å². The third kappa shape index (κ3) is 2.06. The minimum atomic E-state index is -0.396. The van der Waals surface area contributed by atoms with Crippen LogP contribution in [0.3, 0.4) is 0 Å². The van der Waals surface area contributed by atoms with Gasteiger partial charge < -0.3 is 9.73 Å². The number of nitrogens with one attached hydrogen (secondary N) is 1. The third-order valence-corrected chi connectivity index (χ3v) is 3.00. The number of aryl methyl sites for hydroxylation is 1. The van der Waals surface area contributed by atoms with Crippen LogP contribution in [0, 0.1) is 0 Å². The summed E-state index contributed by atoms with van der Waals surface area (Å²) in [6, 6.07) is 5.32. The van der Waals surface area contributed by atoms with Crippen molar-refractivity contribution in [3.63, 3.8) is 0 Å². The molecule has 0 unspecified atom stereocenters. The maximum absolute atomic E-state index is 11.4. The van der Waals surface area contributed by atoms with Crippen LogP contribution in [-0.2, 0) is 7.05 Å². The Morgan fingerprint density at radius 2 is 2.26 bits per heavy atom. The predicted molar refractivity (Wildman–Crippen MR) is 71.8 cm³/mol. The van der Waals surface area contributed by atoms with Crippen molar-refractivity contribution in [2.45, 2.75) is 0 Å². The average molecular weight is 277 g/mol. The fourth-order valence-corrected chi connectivity index (χ4v) is 1.91. The van der Waals surface area contributed by atoms with Crippen LogP contribution in [-0.4, -0.2) is 14.5 Å². The van der Waals surface area contributed by atoms with Gasteiger partial charge in [-0.1, -0.05) is 11.6 Å². The molecule has 1 aromatic carbocycles. The zero-order valence-electron chi connectivity index (χ0n) is 9.92. The van der Waals surface area contributed by atoms with Crippen LogP contribution in [0.4, 0.5) is 11.5 Å². The van der Waals surface area contributed by atoms with Crippen molar-refractivity contribution in [1.82, 2.24) is 14.5 Å². The van der Waals surface area contributed by atoms with Crippen molar-refractivity contribution in [2.24, 2.45) is 7.05 Å². The van der Waals surface area contributed by atoms with Gasteiger partial charge in [0.25, 0.3) is 0 Å². The van der Waals surface area contributed by atoms with Gasteiger partial charge in [0.05, 0.1) is 11.7 Å². The normalized spacial score (nSPS) is 10.8. The first-order valence-corrected chi connectivity index (χ1v) is 5.85. The summed E-state index contributed by atoms with van der Waals surface area (Å²) in [5, 5.41) is 3.45. The topological polar surface area (TPSA) is 73.0 Å². The highest BCUT2D eigenvalue weighted by Crippen LogP contribution is 2.24. The van der Waals surface area contributed by atoms with E-state index in [-0.39, 0.29) is 0 Å². The number of hydrogen-bond acceptors (Lipinski definition) is 5. The van der Waals surface area contributed by atoms with Crippen molar-refractivity contribution in [2.75, 3.05) is 5.32 Å². The van der Waals surface area contributed by atoms with Gasteiger partial charge >= 0.3 is 5.76 Å². The summed E-state index contributed by atoms with van der Waals surface area (Å²) < 4.78 is 6.55. The van der Waals surface area contributed by atoms with E-state index in [1.54, 1.807) is 19.2 Å². The monoisotopic (exact) mass is 276 g/mol. The van der Waals surface area contributed by atoms with Crippen LogP contribution in [0.25, 0.3) is 11.1 Å². The van der Waals surface area contributed by atoms with E-state index in [9.17, 15) is 4.79 Å². The molecule has 2 aromatic heterocycles. The van der Waals surface area contributed by atoms with Gasteiger partial charge in [0.1, 0.15) is 11.3 Å². The van der Waals surface area contributed by atoms with Crippen LogP contribution in [0.2, 0.25) is 5.02 Å². The minimum Gasteiger partial charge on any atom is -0.408 e. The summed E-state index contributed by atoms with van der Waals surface area (Å²) in [6.45, 7) is 0. The molecule has 0 aliphatic heterocycles. The van der Waals surface area contributed by atoms with E-state index in [0.29, 0.717) is 16.4 Å². The van der Waals surface area contributed by atoms with Gasteiger partial charge in [-0.25, -0.2) is 14.8 Å².